The molecule has 0 N–H and O–H groups in total. The lowest BCUT2D eigenvalue weighted by atomic mass is 10.1. The first-order valence-electron chi connectivity index (χ1n) is 9.07. The number of hydroxylamine groups is 2. The van der Waals surface area contributed by atoms with Crippen molar-refractivity contribution in [2.75, 3.05) is 13.6 Å². The Kier molecular flexibility index (Phi) is 6.58. The molecule has 0 bridgehead atoms. The van der Waals surface area contributed by atoms with Crippen molar-refractivity contribution in [3.63, 3.8) is 0 Å². The first-order chi connectivity index (χ1) is 12.7. The summed E-state index contributed by atoms with van der Waals surface area (Å²) in [4.78, 5) is 14.8. The van der Waals surface area contributed by atoms with Gasteiger partial charge < -0.3 is 4.84 Å². The first kappa shape index (κ1) is 18.8. The Bertz CT molecular complexity index is 852. The van der Waals surface area contributed by atoms with E-state index in [4.69, 9.17) is 4.84 Å². The smallest absolute Gasteiger partial charge is 0.149 e. The van der Waals surface area contributed by atoms with Crippen LogP contribution in [0.5, 0.6) is 5.75 Å². The highest BCUT2D eigenvalue weighted by Gasteiger charge is 2.09. The summed E-state index contributed by atoms with van der Waals surface area (Å²) in [5.41, 5.74) is 2.89. The molecular formula is C21H24BrN3O. The van der Waals surface area contributed by atoms with E-state index in [1.807, 2.05) is 42.4 Å². The van der Waals surface area contributed by atoms with Crippen LogP contribution in [0, 0.1) is 0 Å². The van der Waals surface area contributed by atoms with E-state index in [9.17, 15) is 0 Å². The zero-order valence-corrected chi connectivity index (χ0v) is 16.9. The number of nitrogens with zero attached hydrogens (tertiary/aromatic N) is 3. The summed E-state index contributed by atoms with van der Waals surface area (Å²) >= 11 is 3.47. The zero-order valence-electron chi connectivity index (χ0n) is 15.3. The van der Waals surface area contributed by atoms with Gasteiger partial charge in [0.05, 0.1) is 11.2 Å². The molecule has 4 nitrogen and oxygen atoms in total. The third-order valence-electron chi connectivity index (χ3n) is 4.31. The molecule has 0 aliphatic carbocycles. The number of hydrogen-bond acceptors (Lipinski definition) is 4. The summed E-state index contributed by atoms with van der Waals surface area (Å²) in [7, 11) is 1.98. The van der Waals surface area contributed by atoms with Gasteiger partial charge in [0.15, 0.2) is 0 Å². The second-order valence-corrected chi connectivity index (χ2v) is 7.33. The quantitative estimate of drug-likeness (QED) is 0.342. The predicted octanol–water partition coefficient (Wildman–Crippen LogP) is 5.87. The molecule has 0 atom stereocenters. The Morgan fingerprint density at radius 1 is 1.00 bits per heavy atom. The maximum Gasteiger partial charge on any atom is 0.149 e. The predicted molar refractivity (Wildman–Crippen MR) is 110 cm³/mol. The van der Waals surface area contributed by atoms with E-state index in [-0.39, 0.29) is 0 Å². The Morgan fingerprint density at radius 2 is 1.81 bits per heavy atom. The summed E-state index contributed by atoms with van der Waals surface area (Å²) in [6.45, 7) is 3.14. The van der Waals surface area contributed by atoms with E-state index < -0.39 is 0 Å². The molecule has 0 fully saturated rings. The number of hydrogen-bond donors (Lipinski definition) is 0. The Hall–Kier alpha value is -1.98. The van der Waals surface area contributed by atoms with Crippen LogP contribution in [0.4, 0.5) is 0 Å². The lowest BCUT2D eigenvalue weighted by Crippen LogP contribution is -2.23. The van der Waals surface area contributed by atoms with Crippen molar-refractivity contribution in [3.8, 4) is 17.0 Å². The van der Waals surface area contributed by atoms with Crippen LogP contribution in [-0.4, -0.2) is 28.6 Å². The van der Waals surface area contributed by atoms with Gasteiger partial charge in [-0.05, 0) is 30.7 Å². The van der Waals surface area contributed by atoms with Crippen LogP contribution in [0.2, 0.25) is 0 Å². The van der Waals surface area contributed by atoms with Gasteiger partial charge in [-0.3, -0.25) is 0 Å². The van der Waals surface area contributed by atoms with Crippen molar-refractivity contribution in [3.05, 3.63) is 53.3 Å². The number of benzene rings is 2. The summed E-state index contributed by atoms with van der Waals surface area (Å²) in [5, 5.41) is 2.92. The first-order valence-corrected chi connectivity index (χ1v) is 9.86. The van der Waals surface area contributed by atoms with E-state index in [0.29, 0.717) is 0 Å². The molecule has 1 aromatic heterocycles. The van der Waals surface area contributed by atoms with Gasteiger partial charge in [-0.15, -0.1) is 5.06 Å². The van der Waals surface area contributed by atoms with Crippen molar-refractivity contribution in [2.24, 2.45) is 0 Å². The molecule has 0 saturated carbocycles. The van der Waals surface area contributed by atoms with Crippen LogP contribution >= 0.6 is 15.9 Å². The highest BCUT2D eigenvalue weighted by Crippen LogP contribution is 2.28. The SMILES string of the molecule is CCCCCCN(C)Oc1ccc2c(-c3ccc(Br)cc3)ncnc2c1. The van der Waals surface area contributed by atoms with Gasteiger partial charge in [-0.25, -0.2) is 9.97 Å². The topological polar surface area (TPSA) is 38.2 Å². The molecule has 0 aliphatic heterocycles. The fraction of sp³-hybridized carbons (Fsp3) is 0.333. The largest absolute Gasteiger partial charge is 0.406 e. The summed E-state index contributed by atoms with van der Waals surface area (Å²) in [6.07, 6.45) is 6.52. The average Bonchev–Trinajstić information content (AvgIpc) is 2.65. The minimum Gasteiger partial charge on any atom is -0.406 e. The van der Waals surface area contributed by atoms with Gasteiger partial charge in [0.2, 0.25) is 0 Å². The Morgan fingerprint density at radius 3 is 2.58 bits per heavy atom. The molecular weight excluding hydrogens is 390 g/mol. The van der Waals surface area contributed by atoms with E-state index in [0.717, 1.165) is 45.3 Å². The fourth-order valence-electron chi connectivity index (χ4n) is 2.92. The van der Waals surface area contributed by atoms with Crippen molar-refractivity contribution < 1.29 is 4.84 Å². The molecule has 136 valence electrons. The highest BCUT2D eigenvalue weighted by atomic mass is 79.9. The van der Waals surface area contributed by atoms with Gasteiger partial charge in [-0.2, -0.15) is 0 Å². The molecule has 0 spiro atoms. The van der Waals surface area contributed by atoms with Crippen molar-refractivity contribution in [1.29, 1.82) is 0 Å². The third kappa shape index (κ3) is 4.80. The lowest BCUT2D eigenvalue weighted by Gasteiger charge is -2.18. The highest BCUT2D eigenvalue weighted by molar-refractivity contribution is 9.10. The van der Waals surface area contributed by atoms with Crippen molar-refractivity contribution in [2.45, 2.75) is 32.6 Å². The molecule has 0 aliphatic rings. The second kappa shape index (κ2) is 9.10. The lowest BCUT2D eigenvalue weighted by molar-refractivity contribution is -0.0326. The van der Waals surface area contributed by atoms with E-state index in [1.165, 1.54) is 19.3 Å². The van der Waals surface area contributed by atoms with Crippen LogP contribution in [0.3, 0.4) is 0 Å². The molecule has 26 heavy (non-hydrogen) atoms. The van der Waals surface area contributed by atoms with Crippen LogP contribution in [0.25, 0.3) is 22.2 Å². The number of fused-ring (bicyclic) bond motifs is 1. The van der Waals surface area contributed by atoms with Crippen molar-refractivity contribution in [1.82, 2.24) is 15.0 Å². The maximum absolute atomic E-state index is 5.93. The van der Waals surface area contributed by atoms with Gasteiger partial charge in [0.1, 0.15) is 12.1 Å². The molecule has 0 saturated heterocycles. The molecule has 2 aromatic carbocycles. The minimum atomic E-state index is 0.802. The van der Waals surface area contributed by atoms with Crippen LogP contribution < -0.4 is 4.84 Å². The van der Waals surface area contributed by atoms with Crippen LogP contribution in [-0.2, 0) is 0 Å². The van der Waals surface area contributed by atoms with Gasteiger partial charge in [-0.1, -0.05) is 54.2 Å². The van der Waals surface area contributed by atoms with E-state index >= 15 is 0 Å². The Labute approximate surface area is 163 Å². The van der Waals surface area contributed by atoms with E-state index in [2.05, 4.69) is 45.0 Å². The molecule has 0 unspecified atom stereocenters. The normalized spacial score (nSPS) is 11.2. The summed E-state index contributed by atoms with van der Waals surface area (Å²) in [5.74, 6) is 0.802. The number of halogens is 1. The molecule has 0 radical (unpaired) electrons. The third-order valence-corrected chi connectivity index (χ3v) is 4.84. The van der Waals surface area contributed by atoms with E-state index in [1.54, 1.807) is 6.33 Å². The monoisotopic (exact) mass is 413 g/mol. The van der Waals surface area contributed by atoms with Gasteiger partial charge >= 0.3 is 0 Å². The maximum atomic E-state index is 5.93. The molecule has 0 amide bonds. The standard InChI is InChI=1S/C21H24BrN3O/c1-3-4-5-6-13-25(2)26-18-11-12-19-20(14-18)23-15-24-21(19)16-7-9-17(22)10-8-16/h7-12,14-15H,3-6,13H2,1-2H3. The van der Waals surface area contributed by atoms with Gasteiger partial charge in [0.25, 0.3) is 0 Å². The number of aromatic nitrogens is 2. The minimum absolute atomic E-state index is 0.802. The number of unbranched alkanes of at least 4 members (excludes halogenated alkanes) is 3. The van der Waals surface area contributed by atoms with Crippen LogP contribution in [0.15, 0.2) is 53.3 Å². The zero-order chi connectivity index (χ0) is 18.4. The Balaban J connectivity index is 1.76. The summed E-state index contributed by atoms with van der Waals surface area (Å²) in [6, 6.07) is 14.1. The summed E-state index contributed by atoms with van der Waals surface area (Å²) < 4.78 is 1.05. The van der Waals surface area contributed by atoms with Gasteiger partial charge in [0, 0.05) is 35.1 Å². The molecule has 5 heteroatoms. The average molecular weight is 414 g/mol. The molecule has 1 heterocycles. The fourth-order valence-corrected chi connectivity index (χ4v) is 3.18. The van der Waals surface area contributed by atoms with Crippen LogP contribution in [0.1, 0.15) is 32.6 Å². The molecule has 3 rings (SSSR count). The second-order valence-electron chi connectivity index (χ2n) is 6.41. The molecule has 3 aromatic rings. The van der Waals surface area contributed by atoms with Crippen molar-refractivity contribution >= 4 is 26.8 Å². The number of rotatable bonds is 8.